The third-order valence-corrected chi connectivity index (χ3v) is 3.47. The van der Waals surface area contributed by atoms with Crippen LogP contribution in [-0.4, -0.2) is 22.3 Å². The van der Waals surface area contributed by atoms with Gasteiger partial charge >= 0.3 is 0 Å². The van der Waals surface area contributed by atoms with E-state index in [1.54, 1.807) is 6.20 Å². The van der Waals surface area contributed by atoms with Crippen LogP contribution in [-0.2, 0) is 6.54 Å². The van der Waals surface area contributed by atoms with Gasteiger partial charge in [-0.3, -0.25) is 0 Å². The van der Waals surface area contributed by atoms with E-state index in [0.29, 0.717) is 12.5 Å². The zero-order valence-electron chi connectivity index (χ0n) is 13.6. The standard InChI is InChI=1S/C17H25N5.HI/c1-2-3-4-5-11-19-17(18)20-14-15-7-9-16(10-8-15)22-13-6-12-21-22;/h6-10,12-13H,2-5,11,14H2,1H3,(H3,18,19,20);1H. The predicted octanol–water partition coefficient (Wildman–Crippen LogP) is 3.47. The molecule has 0 radical (unpaired) electrons. The molecule has 23 heavy (non-hydrogen) atoms. The van der Waals surface area contributed by atoms with Crippen molar-refractivity contribution in [3.8, 4) is 5.69 Å². The fourth-order valence-electron chi connectivity index (χ4n) is 2.18. The molecule has 0 aliphatic rings. The summed E-state index contributed by atoms with van der Waals surface area (Å²) in [6.07, 6.45) is 8.60. The van der Waals surface area contributed by atoms with E-state index in [1.807, 2.05) is 29.1 Å². The van der Waals surface area contributed by atoms with Gasteiger partial charge in [0.15, 0.2) is 5.96 Å². The average Bonchev–Trinajstić information content (AvgIpc) is 3.08. The largest absolute Gasteiger partial charge is 0.370 e. The summed E-state index contributed by atoms with van der Waals surface area (Å²) in [4.78, 5) is 4.37. The highest BCUT2D eigenvalue weighted by Crippen LogP contribution is 2.09. The number of hydrogen-bond acceptors (Lipinski definition) is 2. The summed E-state index contributed by atoms with van der Waals surface area (Å²) < 4.78 is 1.83. The molecule has 0 saturated heterocycles. The van der Waals surface area contributed by atoms with Crippen LogP contribution in [0.5, 0.6) is 0 Å². The summed E-state index contributed by atoms with van der Waals surface area (Å²) in [6, 6.07) is 10.1. The first-order valence-electron chi connectivity index (χ1n) is 7.92. The second-order valence-corrected chi connectivity index (χ2v) is 5.31. The molecule has 0 aliphatic heterocycles. The smallest absolute Gasteiger partial charge is 0.188 e. The van der Waals surface area contributed by atoms with Crippen LogP contribution < -0.4 is 11.1 Å². The van der Waals surface area contributed by atoms with Gasteiger partial charge in [-0.25, -0.2) is 9.67 Å². The van der Waals surface area contributed by atoms with Gasteiger partial charge in [-0.05, 0) is 30.2 Å². The maximum atomic E-state index is 5.87. The first kappa shape index (κ1) is 19.5. The third kappa shape index (κ3) is 7.02. The molecular formula is C17H26IN5. The lowest BCUT2D eigenvalue weighted by Gasteiger charge is -2.06. The topological polar surface area (TPSA) is 68.2 Å². The van der Waals surface area contributed by atoms with Gasteiger partial charge < -0.3 is 11.1 Å². The van der Waals surface area contributed by atoms with E-state index >= 15 is 0 Å². The van der Waals surface area contributed by atoms with Crippen molar-refractivity contribution in [1.29, 1.82) is 0 Å². The number of guanidine groups is 1. The van der Waals surface area contributed by atoms with Crippen LogP contribution in [0.1, 0.15) is 38.2 Å². The molecule has 0 amide bonds. The van der Waals surface area contributed by atoms with Crippen molar-refractivity contribution in [3.05, 3.63) is 48.3 Å². The van der Waals surface area contributed by atoms with E-state index in [9.17, 15) is 0 Å². The van der Waals surface area contributed by atoms with Gasteiger partial charge in [-0.2, -0.15) is 5.10 Å². The number of unbranched alkanes of at least 4 members (excludes halogenated alkanes) is 3. The average molecular weight is 427 g/mol. The van der Waals surface area contributed by atoms with Crippen LogP contribution >= 0.6 is 24.0 Å². The van der Waals surface area contributed by atoms with Crippen LogP contribution in [0.2, 0.25) is 0 Å². The molecule has 2 aromatic rings. The highest BCUT2D eigenvalue weighted by atomic mass is 127. The lowest BCUT2D eigenvalue weighted by molar-refractivity contribution is 0.652. The lowest BCUT2D eigenvalue weighted by Crippen LogP contribution is -2.32. The van der Waals surface area contributed by atoms with Gasteiger partial charge in [0.2, 0.25) is 0 Å². The Kier molecular flexibility index (Phi) is 9.35. The van der Waals surface area contributed by atoms with E-state index in [1.165, 1.54) is 19.3 Å². The van der Waals surface area contributed by atoms with Gasteiger partial charge in [0.25, 0.3) is 0 Å². The minimum absolute atomic E-state index is 0. The minimum Gasteiger partial charge on any atom is -0.370 e. The Balaban J connectivity index is 0.00000264. The predicted molar refractivity (Wildman–Crippen MR) is 106 cm³/mol. The molecule has 6 heteroatoms. The first-order valence-corrected chi connectivity index (χ1v) is 7.92. The van der Waals surface area contributed by atoms with Crippen molar-refractivity contribution < 1.29 is 0 Å². The molecule has 1 aromatic carbocycles. The van der Waals surface area contributed by atoms with Crippen molar-refractivity contribution in [2.24, 2.45) is 10.7 Å². The van der Waals surface area contributed by atoms with Crippen molar-refractivity contribution in [2.45, 2.75) is 39.2 Å². The Hall–Kier alpha value is -1.57. The van der Waals surface area contributed by atoms with Crippen molar-refractivity contribution in [1.82, 2.24) is 15.1 Å². The quantitative estimate of drug-likeness (QED) is 0.293. The molecule has 126 valence electrons. The second kappa shape index (κ2) is 11.0. The molecule has 0 atom stereocenters. The van der Waals surface area contributed by atoms with Crippen LogP contribution in [0.3, 0.4) is 0 Å². The van der Waals surface area contributed by atoms with E-state index in [0.717, 1.165) is 24.2 Å². The Bertz CT molecular complexity index is 563. The van der Waals surface area contributed by atoms with Crippen molar-refractivity contribution in [3.63, 3.8) is 0 Å². The molecule has 0 fully saturated rings. The lowest BCUT2D eigenvalue weighted by atomic mass is 10.2. The SMILES string of the molecule is CCCCCCNC(N)=NCc1ccc(-n2cccn2)cc1.I. The number of aromatic nitrogens is 2. The molecule has 0 aliphatic carbocycles. The fraction of sp³-hybridized carbons (Fsp3) is 0.412. The summed E-state index contributed by atoms with van der Waals surface area (Å²) in [5.74, 6) is 0.521. The number of hydrogen-bond donors (Lipinski definition) is 2. The summed E-state index contributed by atoms with van der Waals surface area (Å²) >= 11 is 0. The van der Waals surface area contributed by atoms with Gasteiger partial charge in [-0.15, -0.1) is 24.0 Å². The van der Waals surface area contributed by atoms with Crippen LogP contribution in [0.4, 0.5) is 0 Å². The summed E-state index contributed by atoms with van der Waals surface area (Å²) in [5.41, 5.74) is 8.04. The molecule has 3 N–H and O–H groups in total. The van der Waals surface area contributed by atoms with Crippen molar-refractivity contribution >= 4 is 29.9 Å². The molecular weight excluding hydrogens is 401 g/mol. The van der Waals surface area contributed by atoms with Crippen LogP contribution in [0.25, 0.3) is 5.69 Å². The van der Waals surface area contributed by atoms with E-state index in [-0.39, 0.29) is 24.0 Å². The van der Waals surface area contributed by atoms with Gasteiger partial charge in [-0.1, -0.05) is 38.3 Å². The van der Waals surface area contributed by atoms with Gasteiger partial charge in [0.1, 0.15) is 0 Å². The number of aliphatic imine (C=N–C) groups is 1. The van der Waals surface area contributed by atoms with Crippen molar-refractivity contribution in [2.75, 3.05) is 6.54 Å². The van der Waals surface area contributed by atoms with Gasteiger partial charge in [0, 0.05) is 18.9 Å². The Labute approximate surface area is 155 Å². The Morgan fingerprint density at radius 2 is 2.00 bits per heavy atom. The number of nitrogens with two attached hydrogens (primary N) is 1. The molecule has 0 bridgehead atoms. The molecule has 5 nitrogen and oxygen atoms in total. The number of nitrogens with zero attached hydrogens (tertiary/aromatic N) is 3. The number of nitrogens with one attached hydrogen (secondary N) is 1. The second-order valence-electron chi connectivity index (χ2n) is 5.31. The Morgan fingerprint density at radius 1 is 1.22 bits per heavy atom. The Morgan fingerprint density at radius 3 is 2.65 bits per heavy atom. The maximum absolute atomic E-state index is 5.87. The summed E-state index contributed by atoms with van der Waals surface area (Å²) in [5, 5.41) is 7.36. The number of halogens is 1. The van der Waals surface area contributed by atoms with E-state index < -0.39 is 0 Å². The third-order valence-electron chi connectivity index (χ3n) is 3.47. The fourth-order valence-corrected chi connectivity index (χ4v) is 2.18. The summed E-state index contributed by atoms with van der Waals surface area (Å²) in [6.45, 7) is 3.70. The molecule has 1 heterocycles. The first-order chi connectivity index (χ1) is 10.8. The summed E-state index contributed by atoms with van der Waals surface area (Å²) in [7, 11) is 0. The van der Waals surface area contributed by atoms with Gasteiger partial charge in [0.05, 0.1) is 12.2 Å². The molecule has 1 aromatic heterocycles. The highest BCUT2D eigenvalue weighted by molar-refractivity contribution is 14.0. The normalized spacial score (nSPS) is 11.1. The molecule has 0 unspecified atom stereocenters. The minimum atomic E-state index is 0. The van der Waals surface area contributed by atoms with E-state index in [4.69, 9.17) is 5.73 Å². The van der Waals surface area contributed by atoms with E-state index in [2.05, 4.69) is 34.5 Å². The van der Waals surface area contributed by atoms with Crippen LogP contribution in [0.15, 0.2) is 47.7 Å². The van der Waals surface area contributed by atoms with Crippen LogP contribution in [0, 0.1) is 0 Å². The number of rotatable bonds is 8. The zero-order valence-corrected chi connectivity index (χ0v) is 15.9. The highest BCUT2D eigenvalue weighted by Gasteiger charge is 1.97. The monoisotopic (exact) mass is 427 g/mol. The zero-order chi connectivity index (χ0) is 15.6. The molecule has 0 saturated carbocycles. The number of benzene rings is 1. The maximum Gasteiger partial charge on any atom is 0.188 e. The molecule has 2 rings (SSSR count). The molecule has 0 spiro atoms.